The molecular formula is C21H27FN4O3S2. The van der Waals surface area contributed by atoms with Crippen molar-refractivity contribution in [1.29, 1.82) is 0 Å². The highest BCUT2D eigenvalue weighted by atomic mass is 32.2. The minimum Gasteiger partial charge on any atom is -0.385 e. The van der Waals surface area contributed by atoms with Gasteiger partial charge in [-0.1, -0.05) is 6.92 Å². The van der Waals surface area contributed by atoms with E-state index in [2.05, 4.69) is 16.6 Å². The monoisotopic (exact) mass is 466 g/mol. The van der Waals surface area contributed by atoms with Gasteiger partial charge in [0.25, 0.3) is 0 Å². The predicted molar refractivity (Wildman–Crippen MR) is 119 cm³/mol. The van der Waals surface area contributed by atoms with Gasteiger partial charge in [-0.15, -0.1) is 15.7 Å². The number of carbonyl (C=O) groups is 1. The molecule has 10 heteroatoms. The number of amides is 2. The molecule has 0 saturated carbocycles. The molecule has 0 radical (unpaired) electrons. The molecule has 2 aliphatic carbocycles. The lowest BCUT2D eigenvalue weighted by Gasteiger charge is -2.16. The van der Waals surface area contributed by atoms with Crippen LogP contribution in [0.2, 0.25) is 0 Å². The number of urea groups is 1. The normalized spacial score (nSPS) is 19.6. The van der Waals surface area contributed by atoms with Gasteiger partial charge >= 0.3 is 6.03 Å². The fourth-order valence-electron chi connectivity index (χ4n) is 4.39. The Bertz CT molecular complexity index is 1180. The van der Waals surface area contributed by atoms with Gasteiger partial charge in [-0.3, -0.25) is 4.98 Å². The Morgan fingerprint density at radius 3 is 2.81 bits per heavy atom. The van der Waals surface area contributed by atoms with Gasteiger partial charge in [0.05, 0.1) is 11.3 Å². The number of carbonyl (C=O) groups excluding carboxylic acids is 1. The average molecular weight is 467 g/mol. The van der Waals surface area contributed by atoms with Crippen LogP contribution in [0.25, 0.3) is 0 Å². The summed E-state index contributed by atoms with van der Waals surface area (Å²) >= 11 is 0.756. The van der Waals surface area contributed by atoms with Gasteiger partial charge in [0, 0.05) is 22.2 Å². The molecule has 0 fully saturated rings. The number of aryl methyl sites for hydroxylation is 1. The summed E-state index contributed by atoms with van der Waals surface area (Å²) < 4.78 is 30.6. The first-order valence-corrected chi connectivity index (χ1v) is 12.8. The summed E-state index contributed by atoms with van der Waals surface area (Å²) in [6.07, 6.45) is 5.43. The lowest BCUT2D eigenvalue weighted by Crippen LogP contribution is -2.19. The first-order valence-electron chi connectivity index (χ1n) is 10.4. The minimum absolute atomic E-state index is 0.254. The van der Waals surface area contributed by atoms with E-state index in [-0.39, 0.29) is 9.09 Å². The molecule has 0 aromatic carbocycles. The zero-order chi connectivity index (χ0) is 22.6. The second kappa shape index (κ2) is 7.91. The summed E-state index contributed by atoms with van der Waals surface area (Å²) in [7, 11) is -3.81. The lowest BCUT2D eigenvalue weighted by atomic mass is 10.0. The van der Waals surface area contributed by atoms with Gasteiger partial charge in [-0.2, -0.15) is 0 Å². The number of nitrogens with zero attached hydrogens (tertiary/aromatic N) is 2. The first kappa shape index (κ1) is 22.3. The number of anilines is 1. The van der Waals surface area contributed by atoms with Crippen LogP contribution >= 0.6 is 11.3 Å². The quantitative estimate of drug-likeness (QED) is 0.620. The largest absolute Gasteiger partial charge is 0.385 e. The van der Waals surface area contributed by atoms with E-state index in [0.29, 0.717) is 11.6 Å². The van der Waals surface area contributed by atoms with E-state index >= 15 is 0 Å². The van der Waals surface area contributed by atoms with Gasteiger partial charge in [0.2, 0.25) is 0 Å². The molecule has 4 rings (SSSR count). The Balaban J connectivity index is 1.69. The molecule has 0 spiro atoms. The molecule has 2 aromatic rings. The average Bonchev–Trinajstić information content (AvgIpc) is 3.38. The van der Waals surface area contributed by atoms with Gasteiger partial charge in [0.1, 0.15) is 0 Å². The van der Waals surface area contributed by atoms with E-state index in [0.717, 1.165) is 78.4 Å². The smallest absolute Gasteiger partial charge is 0.354 e. The fourth-order valence-corrected chi connectivity index (χ4v) is 6.73. The van der Waals surface area contributed by atoms with Crippen LogP contribution in [0.5, 0.6) is 0 Å². The number of rotatable bonds is 4. The van der Waals surface area contributed by atoms with Crippen LogP contribution in [0.15, 0.2) is 14.6 Å². The van der Waals surface area contributed by atoms with Crippen LogP contribution in [0, 0.1) is 5.82 Å². The fraction of sp³-hybridized carbons (Fsp3) is 0.524. The van der Waals surface area contributed by atoms with Crippen molar-refractivity contribution < 1.29 is 18.5 Å². The topological polar surface area (TPSA) is 118 Å². The van der Waals surface area contributed by atoms with Crippen LogP contribution in [0.3, 0.4) is 0 Å². The summed E-state index contributed by atoms with van der Waals surface area (Å²) in [6.45, 7) is 5.10. The number of halogens is 1. The summed E-state index contributed by atoms with van der Waals surface area (Å²) in [5.41, 5.74) is 3.45. The third kappa shape index (κ3) is 4.13. The molecule has 168 valence electrons. The van der Waals surface area contributed by atoms with E-state index in [4.69, 9.17) is 10.1 Å². The second-order valence-corrected chi connectivity index (χ2v) is 11.7. The first-order chi connectivity index (χ1) is 14.5. The number of nitrogens with one attached hydrogen (secondary N) is 1. The summed E-state index contributed by atoms with van der Waals surface area (Å²) in [5, 5.41) is 18.7. The van der Waals surface area contributed by atoms with Crippen molar-refractivity contribution in [2.24, 2.45) is 9.50 Å². The van der Waals surface area contributed by atoms with Crippen LogP contribution in [-0.4, -0.2) is 20.3 Å². The second-order valence-electron chi connectivity index (χ2n) is 8.67. The highest BCUT2D eigenvalue weighted by Crippen LogP contribution is 2.42. The van der Waals surface area contributed by atoms with Crippen molar-refractivity contribution in [2.75, 3.05) is 5.32 Å². The number of hydrogen-bond donors (Lipinski definition) is 3. The minimum atomic E-state index is -3.81. The third-order valence-corrected chi connectivity index (χ3v) is 9.30. The zero-order valence-corrected chi connectivity index (χ0v) is 19.5. The molecule has 4 N–H and O–H groups in total. The van der Waals surface area contributed by atoms with Crippen molar-refractivity contribution in [2.45, 2.75) is 75.0 Å². The van der Waals surface area contributed by atoms with E-state index in [1.165, 1.54) is 13.8 Å². The molecule has 2 amide bonds. The maximum Gasteiger partial charge on any atom is 0.354 e. The Labute approximate surface area is 185 Å². The van der Waals surface area contributed by atoms with Crippen molar-refractivity contribution >= 4 is 33.0 Å². The van der Waals surface area contributed by atoms with Crippen molar-refractivity contribution in [1.82, 2.24) is 4.98 Å². The molecule has 2 atom stereocenters. The highest BCUT2D eigenvalue weighted by molar-refractivity contribution is 7.93. The number of hydrogen-bond acceptors (Lipinski definition) is 5. The molecule has 0 aliphatic heterocycles. The molecule has 2 heterocycles. The SMILES string of the molecule is CCC1CCc2c1nc1c(c2NC(=O)N=[S@](N)(=O)c2sc(C(C)(C)O)cc2F)CCC1. The van der Waals surface area contributed by atoms with Crippen molar-refractivity contribution in [3.05, 3.63) is 39.3 Å². The number of pyridine rings is 1. The van der Waals surface area contributed by atoms with Gasteiger partial charge in [0.15, 0.2) is 19.9 Å². The zero-order valence-electron chi connectivity index (χ0n) is 17.8. The Morgan fingerprint density at radius 1 is 1.42 bits per heavy atom. The molecule has 1 unspecified atom stereocenters. The van der Waals surface area contributed by atoms with Gasteiger partial charge < -0.3 is 10.4 Å². The van der Waals surface area contributed by atoms with Gasteiger partial charge in [-0.25, -0.2) is 18.5 Å². The molecule has 2 aliphatic rings. The summed E-state index contributed by atoms with van der Waals surface area (Å²) in [6, 6.07) is 0.209. The Hall–Kier alpha value is -1.88. The lowest BCUT2D eigenvalue weighted by molar-refractivity contribution is 0.0823. The summed E-state index contributed by atoms with van der Waals surface area (Å²) in [5.74, 6) is -0.477. The van der Waals surface area contributed by atoms with Crippen molar-refractivity contribution in [3.63, 3.8) is 0 Å². The molecule has 2 aromatic heterocycles. The van der Waals surface area contributed by atoms with Crippen LogP contribution < -0.4 is 10.5 Å². The van der Waals surface area contributed by atoms with E-state index in [1.54, 1.807) is 0 Å². The Kier molecular flexibility index (Phi) is 5.70. The summed E-state index contributed by atoms with van der Waals surface area (Å²) in [4.78, 5) is 17.9. The molecule has 31 heavy (non-hydrogen) atoms. The van der Waals surface area contributed by atoms with Crippen molar-refractivity contribution in [3.8, 4) is 0 Å². The van der Waals surface area contributed by atoms with E-state index < -0.39 is 27.4 Å². The third-order valence-electron chi connectivity index (χ3n) is 5.95. The molecule has 7 nitrogen and oxygen atoms in total. The van der Waals surface area contributed by atoms with Crippen LogP contribution in [0.1, 0.15) is 73.3 Å². The number of thiophene rings is 1. The number of aliphatic hydroxyl groups is 1. The van der Waals surface area contributed by atoms with E-state index in [9.17, 15) is 18.5 Å². The number of aromatic nitrogens is 1. The standard InChI is InChI=1S/C21H27FN4O3S2/c1-4-11-8-9-13-17(11)24-15-7-5-6-12(15)18(13)25-20(27)26-31(23,29)19-14(22)10-16(30-19)21(2,3)28/h10-11,28H,4-9H2,1-3H3,(H3,23,24,25,26,27,29)/t11?,31-/m0/s1. The molecule has 0 bridgehead atoms. The number of nitrogens with two attached hydrogens (primary N) is 1. The van der Waals surface area contributed by atoms with Gasteiger partial charge in [-0.05, 0) is 69.6 Å². The predicted octanol–water partition coefficient (Wildman–Crippen LogP) is 4.37. The van der Waals surface area contributed by atoms with Crippen LogP contribution in [0.4, 0.5) is 14.9 Å². The highest BCUT2D eigenvalue weighted by Gasteiger charge is 2.31. The molecule has 0 saturated heterocycles. The number of fused-ring (bicyclic) bond motifs is 2. The maximum absolute atomic E-state index is 14.4. The van der Waals surface area contributed by atoms with Crippen LogP contribution in [-0.2, 0) is 34.8 Å². The molecular weight excluding hydrogens is 439 g/mol. The Morgan fingerprint density at radius 2 is 2.16 bits per heavy atom. The maximum atomic E-state index is 14.4. The van der Waals surface area contributed by atoms with E-state index in [1.807, 2.05) is 0 Å².